The van der Waals surface area contributed by atoms with E-state index in [2.05, 4.69) is 15.5 Å². The molecule has 0 bridgehead atoms. The van der Waals surface area contributed by atoms with Gasteiger partial charge in [0.25, 0.3) is 5.91 Å². The predicted molar refractivity (Wildman–Crippen MR) is 138 cm³/mol. The monoisotopic (exact) mass is 559 g/mol. The Hall–Kier alpha value is -3.34. The fraction of sp³-hybridized carbons (Fsp3) is 0.483. The Labute approximate surface area is 228 Å². The van der Waals surface area contributed by atoms with Crippen molar-refractivity contribution in [2.75, 3.05) is 4.90 Å². The van der Waals surface area contributed by atoms with E-state index in [0.717, 1.165) is 12.8 Å². The third-order valence-electron chi connectivity index (χ3n) is 8.77. The number of carbonyl (C=O) groups excluding carboxylic acids is 1. The molecule has 1 aliphatic carbocycles. The molecule has 212 valence electrons. The van der Waals surface area contributed by atoms with Gasteiger partial charge in [-0.15, -0.1) is 10.2 Å². The number of nitrogens with zero attached hydrogens (tertiary/aromatic N) is 4. The van der Waals surface area contributed by atoms with Crippen LogP contribution in [0.3, 0.4) is 0 Å². The molecule has 3 aromatic rings. The molecule has 3 aliphatic rings. The van der Waals surface area contributed by atoms with Crippen molar-refractivity contribution in [1.29, 1.82) is 0 Å². The van der Waals surface area contributed by atoms with E-state index in [1.807, 2.05) is 6.92 Å². The van der Waals surface area contributed by atoms with Crippen molar-refractivity contribution in [3.8, 4) is 0 Å². The Morgan fingerprint density at radius 3 is 2.52 bits per heavy atom. The number of aryl methyl sites for hydroxylation is 1. The molecule has 2 fully saturated rings. The Balaban J connectivity index is 1.35. The number of benzene rings is 2. The number of anilines is 1. The first kappa shape index (κ1) is 26.9. The van der Waals surface area contributed by atoms with E-state index in [1.54, 1.807) is 41.9 Å². The lowest BCUT2D eigenvalue weighted by Gasteiger charge is -2.48. The Morgan fingerprint density at radius 1 is 1.12 bits per heavy atom. The molecule has 3 heterocycles. The van der Waals surface area contributed by atoms with Gasteiger partial charge in [0.05, 0.1) is 12.1 Å². The second kappa shape index (κ2) is 9.36. The van der Waals surface area contributed by atoms with Gasteiger partial charge in [-0.05, 0) is 60.2 Å². The molecule has 0 radical (unpaired) electrons. The Morgan fingerprint density at radius 2 is 1.90 bits per heavy atom. The number of nitrogens with one attached hydrogen (secondary N) is 1. The molecule has 6 nitrogen and oxygen atoms in total. The van der Waals surface area contributed by atoms with Crippen molar-refractivity contribution in [2.24, 2.45) is 7.05 Å². The highest BCUT2D eigenvalue weighted by atomic mass is 19.4. The number of carbonyl (C=O) groups is 1. The average molecular weight is 560 g/mol. The minimum Gasteiger partial charge on any atom is -0.321 e. The van der Waals surface area contributed by atoms with Gasteiger partial charge in [0.1, 0.15) is 12.2 Å². The van der Waals surface area contributed by atoms with Crippen molar-refractivity contribution < 1.29 is 26.7 Å². The van der Waals surface area contributed by atoms with Crippen LogP contribution in [0.1, 0.15) is 83.5 Å². The number of aromatic nitrogens is 3. The van der Waals surface area contributed by atoms with Crippen LogP contribution in [0.25, 0.3) is 0 Å². The zero-order valence-corrected chi connectivity index (χ0v) is 22.2. The summed E-state index contributed by atoms with van der Waals surface area (Å²) in [7, 11) is 1.74. The lowest BCUT2D eigenvalue weighted by atomic mass is 9.60. The second-order valence-corrected chi connectivity index (χ2v) is 11.5. The van der Waals surface area contributed by atoms with Gasteiger partial charge in [-0.3, -0.25) is 4.79 Å². The summed E-state index contributed by atoms with van der Waals surface area (Å²) in [6, 6.07) is 9.45. The van der Waals surface area contributed by atoms with Gasteiger partial charge in [-0.1, -0.05) is 19.1 Å². The maximum Gasteiger partial charge on any atom is 0.416 e. The minimum atomic E-state index is -4.63. The normalized spacial score (nSPS) is 23.4. The SMILES string of the molecule is CC[C@@H]1CC[C@H](c2cc3c(c(C(F)(F)F)c2)CN(c2cccc(C4(Cc5nncn5C)CC(F)(F)C4)c2)C3=O)N1. The van der Waals surface area contributed by atoms with Crippen LogP contribution < -0.4 is 10.2 Å². The molecular weight excluding hydrogens is 529 g/mol. The molecular formula is C29H30F5N5O. The fourth-order valence-electron chi connectivity index (χ4n) is 6.64. The van der Waals surface area contributed by atoms with Gasteiger partial charge in [0.15, 0.2) is 0 Å². The lowest BCUT2D eigenvalue weighted by Crippen LogP contribution is -2.51. The van der Waals surface area contributed by atoms with E-state index in [1.165, 1.54) is 17.3 Å². The van der Waals surface area contributed by atoms with E-state index in [-0.39, 0.29) is 49.0 Å². The van der Waals surface area contributed by atoms with Crippen molar-refractivity contribution >= 4 is 11.6 Å². The first-order chi connectivity index (χ1) is 18.9. The zero-order valence-electron chi connectivity index (χ0n) is 22.2. The topological polar surface area (TPSA) is 63.1 Å². The highest BCUT2D eigenvalue weighted by Crippen LogP contribution is 2.55. The van der Waals surface area contributed by atoms with Crippen molar-refractivity contribution in [2.45, 2.75) is 81.6 Å². The smallest absolute Gasteiger partial charge is 0.321 e. The summed E-state index contributed by atoms with van der Waals surface area (Å²) in [4.78, 5) is 14.9. The third-order valence-corrected chi connectivity index (χ3v) is 8.77. The number of hydrogen-bond donors (Lipinski definition) is 1. The summed E-state index contributed by atoms with van der Waals surface area (Å²) in [6.07, 6.45) is -1.23. The summed E-state index contributed by atoms with van der Waals surface area (Å²) in [6.45, 7) is 1.79. The van der Waals surface area contributed by atoms with E-state index in [4.69, 9.17) is 0 Å². The van der Waals surface area contributed by atoms with E-state index < -0.39 is 29.0 Å². The standard InChI is InChI=1S/C29H30F5N5O/c1-3-19-7-8-24(36-19)17-9-21-22(23(10-17)29(32,33)34)13-39(26(21)40)20-6-4-5-18(11-20)27(14-28(30,31)15-27)12-25-37-35-16-38(25)2/h4-6,9-11,16,19,24,36H,3,7-8,12-15H2,1-2H3/t19-,24-/m1/s1. The minimum absolute atomic E-state index is 0.0425. The summed E-state index contributed by atoms with van der Waals surface area (Å²) in [5.74, 6) is -2.80. The summed E-state index contributed by atoms with van der Waals surface area (Å²) in [5, 5.41) is 11.3. The zero-order chi connectivity index (χ0) is 28.4. The highest BCUT2D eigenvalue weighted by molar-refractivity contribution is 6.10. The van der Waals surface area contributed by atoms with Crippen molar-refractivity contribution in [1.82, 2.24) is 20.1 Å². The number of alkyl halides is 5. The quantitative estimate of drug-likeness (QED) is 0.371. The van der Waals surface area contributed by atoms with Crippen LogP contribution in [0.15, 0.2) is 42.7 Å². The average Bonchev–Trinajstić information content (AvgIpc) is 3.61. The number of hydrogen-bond acceptors (Lipinski definition) is 4. The van der Waals surface area contributed by atoms with Crippen LogP contribution in [0.4, 0.5) is 27.6 Å². The molecule has 0 spiro atoms. The fourth-order valence-corrected chi connectivity index (χ4v) is 6.64. The molecule has 40 heavy (non-hydrogen) atoms. The highest BCUT2D eigenvalue weighted by Gasteiger charge is 2.57. The van der Waals surface area contributed by atoms with Gasteiger partial charge in [-0.2, -0.15) is 13.2 Å². The lowest BCUT2D eigenvalue weighted by molar-refractivity contribution is -0.138. The molecule has 11 heteroatoms. The molecule has 2 aliphatic heterocycles. The van der Waals surface area contributed by atoms with E-state index in [9.17, 15) is 26.7 Å². The second-order valence-electron chi connectivity index (χ2n) is 11.5. The van der Waals surface area contributed by atoms with Crippen LogP contribution in [0, 0.1) is 0 Å². The van der Waals surface area contributed by atoms with Gasteiger partial charge in [0, 0.05) is 55.1 Å². The van der Waals surface area contributed by atoms with Crippen molar-refractivity contribution in [3.05, 3.63) is 76.4 Å². The van der Waals surface area contributed by atoms with Gasteiger partial charge >= 0.3 is 6.18 Å². The first-order valence-electron chi connectivity index (χ1n) is 13.5. The van der Waals surface area contributed by atoms with Crippen LogP contribution in [0.2, 0.25) is 0 Å². The van der Waals surface area contributed by atoms with Gasteiger partial charge in [0.2, 0.25) is 5.92 Å². The Kier molecular flexibility index (Phi) is 6.28. The number of halogens is 5. The molecule has 0 unspecified atom stereocenters. The first-order valence-corrected chi connectivity index (χ1v) is 13.5. The van der Waals surface area contributed by atoms with Crippen LogP contribution in [-0.4, -0.2) is 32.6 Å². The van der Waals surface area contributed by atoms with Crippen LogP contribution in [-0.2, 0) is 31.6 Å². The number of rotatable bonds is 6. The molecule has 1 aromatic heterocycles. The number of fused-ring (bicyclic) bond motifs is 1. The van der Waals surface area contributed by atoms with E-state index in [0.29, 0.717) is 29.1 Å². The van der Waals surface area contributed by atoms with Crippen LogP contribution >= 0.6 is 0 Å². The van der Waals surface area contributed by atoms with Gasteiger partial charge < -0.3 is 14.8 Å². The van der Waals surface area contributed by atoms with Crippen molar-refractivity contribution in [3.63, 3.8) is 0 Å². The van der Waals surface area contributed by atoms with Gasteiger partial charge in [-0.25, -0.2) is 8.78 Å². The maximum absolute atomic E-state index is 14.2. The Bertz CT molecular complexity index is 1460. The molecule has 6 rings (SSSR count). The third kappa shape index (κ3) is 4.57. The summed E-state index contributed by atoms with van der Waals surface area (Å²) in [5.41, 5.74) is -0.298. The summed E-state index contributed by atoms with van der Waals surface area (Å²) >= 11 is 0. The molecule has 1 saturated carbocycles. The number of amides is 1. The molecule has 2 atom stereocenters. The molecule has 1 amide bonds. The molecule has 1 saturated heterocycles. The predicted octanol–water partition coefficient (Wildman–Crippen LogP) is 6.11. The summed E-state index contributed by atoms with van der Waals surface area (Å²) < 4.78 is 72.9. The maximum atomic E-state index is 14.2. The largest absolute Gasteiger partial charge is 0.416 e. The van der Waals surface area contributed by atoms with Crippen LogP contribution in [0.5, 0.6) is 0 Å². The molecule has 2 aromatic carbocycles. The van der Waals surface area contributed by atoms with E-state index >= 15 is 0 Å². The molecule has 1 N–H and O–H groups in total.